The van der Waals surface area contributed by atoms with Gasteiger partial charge in [-0.2, -0.15) is 0 Å². The van der Waals surface area contributed by atoms with E-state index < -0.39 is 0 Å². The van der Waals surface area contributed by atoms with Crippen LogP contribution in [0.1, 0.15) is 4.88 Å². The van der Waals surface area contributed by atoms with Gasteiger partial charge in [0.25, 0.3) is 0 Å². The summed E-state index contributed by atoms with van der Waals surface area (Å²) in [5.41, 5.74) is 0. The molecule has 4 nitrogen and oxygen atoms in total. The highest BCUT2D eigenvalue weighted by Gasteiger charge is 2.11. The number of carbonyl (C=O) groups is 1. The van der Waals surface area contributed by atoms with Crippen molar-refractivity contribution in [3.05, 3.63) is 17.0 Å². The summed E-state index contributed by atoms with van der Waals surface area (Å²) in [6.45, 7) is 5.18. The first-order valence-corrected chi connectivity index (χ1v) is 6.39. The summed E-state index contributed by atoms with van der Waals surface area (Å²) < 4.78 is 0. The lowest BCUT2D eigenvalue weighted by molar-refractivity contribution is -0.111. The number of nitrogens with one attached hydrogen (secondary N) is 2. The molecule has 2 rings (SSSR count). The summed E-state index contributed by atoms with van der Waals surface area (Å²) in [6, 6.07) is 3.94. The van der Waals surface area contributed by atoms with Crippen molar-refractivity contribution < 1.29 is 4.79 Å². The van der Waals surface area contributed by atoms with Gasteiger partial charge in [0.2, 0.25) is 0 Å². The van der Waals surface area contributed by atoms with Crippen LogP contribution in [0.5, 0.6) is 0 Å². The van der Waals surface area contributed by atoms with Crippen molar-refractivity contribution in [3.8, 4) is 12.3 Å². The third-order valence-electron chi connectivity index (χ3n) is 2.62. The van der Waals surface area contributed by atoms with Crippen LogP contribution in [0.4, 0.5) is 5.00 Å². The Bertz CT molecular complexity index is 429. The molecular weight excluding hydrogens is 234 g/mol. The zero-order valence-electron chi connectivity index (χ0n) is 9.53. The van der Waals surface area contributed by atoms with Gasteiger partial charge >= 0.3 is 5.91 Å². The number of piperazine rings is 1. The minimum absolute atomic E-state index is 0.388. The Balaban J connectivity index is 1.89. The van der Waals surface area contributed by atoms with Gasteiger partial charge < -0.3 is 10.6 Å². The van der Waals surface area contributed by atoms with Crippen molar-refractivity contribution in [2.45, 2.75) is 6.54 Å². The van der Waals surface area contributed by atoms with Crippen molar-refractivity contribution in [1.82, 2.24) is 10.2 Å². The molecule has 1 saturated heterocycles. The predicted octanol–water partition coefficient (Wildman–Crippen LogP) is 0.725. The van der Waals surface area contributed by atoms with Crippen LogP contribution in [-0.2, 0) is 11.3 Å². The van der Waals surface area contributed by atoms with E-state index in [1.165, 1.54) is 4.88 Å². The number of amides is 1. The molecule has 2 N–H and O–H groups in total. The van der Waals surface area contributed by atoms with Crippen molar-refractivity contribution in [3.63, 3.8) is 0 Å². The Morgan fingerprint density at radius 1 is 1.53 bits per heavy atom. The first kappa shape index (κ1) is 12.1. The fourth-order valence-electron chi connectivity index (χ4n) is 1.77. The molecule has 0 atom stereocenters. The van der Waals surface area contributed by atoms with Crippen LogP contribution in [0.15, 0.2) is 12.1 Å². The molecule has 0 aliphatic carbocycles. The molecule has 17 heavy (non-hydrogen) atoms. The van der Waals surface area contributed by atoms with Crippen molar-refractivity contribution in [2.24, 2.45) is 0 Å². The second-order valence-electron chi connectivity index (χ2n) is 3.89. The normalized spacial score (nSPS) is 16.4. The van der Waals surface area contributed by atoms with Gasteiger partial charge in [-0.3, -0.25) is 9.69 Å². The summed E-state index contributed by atoms with van der Waals surface area (Å²) in [5, 5.41) is 6.80. The molecular formula is C12H15N3OS. The number of terminal acetylenes is 1. The van der Waals surface area contributed by atoms with Crippen LogP contribution in [0.25, 0.3) is 0 Å². The minimum atomic E-state index is -0.388. The third kappa shape index (κ3) is 3.56. The van der Waals surface area contributed by atoms with E-state index in [9.17, 15) is 4.79 Å². The van der Waals surface area contributed by atoms with E-state index in [1.54, 1.807) is 11.3 Å². The first-order valence-electron chi connectivity index (χ1n) is 5.57. The van der Waals surface area contributed by atoms with Gasteiger partial charge in [0.05, 0.1) is 5.00 Å². The van der Waals surface area contributed by atoms with Crippen LogP contribution in [0.2, 0.25) is 0 Å². The molecule has 0 unspecified atom stereocenters. The van der Waals surface area contributed by atoms with Crippen LogP contribution in [-0.4, -0.2) is 37.0 Å². The van der Waals surface area contributed by atoms with Gasteiger partial charge in [-0.05, 0) is 18.1 Å². The van der Waals surface area contributed by atoms with E-state index in [-0.39, 0.29) is 5.91 Å². The molecule has 90 valence electrons. The van der Waals surface area contributed by atoms with Crippen molar-refractivity contribution >= 4 is 22.2 Å². The number of carbonyl (C=O) groups excluding carboxylic acids is 1. The molecule has 1 aliphatic heterocycles. The maximum Gasteiger partial charge on any atom is 0.300 e. The Kier molecular flexibility index (Phi) is 4.15. The Morgan fingerprint density at radius 2 is 2.29 bits per heavy atom. The zero-order chi connectivity index (χ0) is 12.1. The van der Waals surface area contributed by atoms with Gasteiger partial charge in [-0.25, -0.2) is 0 Å². The number of rotatable bonds is 3. The fraction of sp³-hybridized carbons (Fsp3) is 0.417. The van der Waals surface area contributed by atoms with Gasteiger partial charge in [0.15, 0.2) is 0 Å². The summed E-state index contributed by atoms with van der Waals surface area (Å²) in [7, 11) is 0. The second-order valence-corrected chi connectivity index (χ2v) is 5.06. The lowest BCUT2D eigenvalue weighted by Gasteiger charge is -2.26. The van der Waals surface area contributed by atoms with Crippen molar-refractivity contribution in [1.29, 1.82) is 0 Å². The highest BCUT2D eigenvalue weighted by molar-refractivity contribution is 7.16. The molecule has 0 spiro atoms. The zero-order valence-corrected chi connectivity index (χ0v) is 10.3. The first-order chi connectivity index (χ1) is 8.28. The van der Waals surface area contributed by atoms with Crippen molar-refractivity contribution in [2.75, 3.05) is 31.5 Å². The third-order valence-corrected chi connectivity index (χ3v) is 3.60. The molecule has 1 amide bonds. The molecule has 1 aromatic heterocycles. The smallest absolute Gasteiger partial charge is 0.300 e. The van der Waals surface area contributed by atoms with Crippen LogP contribution >= 0.6 is 11.3 Å². The van der Waals surface area contributed by atoms with Gasteiger partial charge in [0, 0.05) is 37.6 Å². The average Bonchev–Trinajstić information content (AvgIpc) is 2.77. The largest absolute Gasteiger partial charge is 0.314 e. The molecule has 1 aromatic rings. The topological polar surface area (TPSA) is 44.4 Å². The lowest BCUT2D eigenvalue weighted by atomic mass is 10.3. The summed E-state index contributed by atoms with van der Waals surface area (Å²) in [6.07, 6.45) is 5.00. The predicted molar refractivity (Wildman–Crippen MR) is 69.9 cm³/mol. The number of thiophene rings is 1. The molecule has 0 radical (unpaired) electrons. The quantitative estimate of drug-likeness (QED) is 0.776. The number of hydrogen-bond donors (Lipinski definition) is 2. The lowest BCUT2D eigenvalue weighted by Crippen LogP contribution is -2.42. The van der Waals surface area contributed by atoms with E-state index in [0.29, 0.717) is 0 Å². The number of nitrogens with zero attached hydrogens (tertiary/aromatic N) is 1. The Hall–Kier alpha value is -1.35. The summed E-state index contributed by atoms with van der Waals surface area (Å²) >= 11 is 1.58. The van der Waals surface area contributed by atoms with E-state index in [4.69, 9.17) is 6.42 Å². The van der Waals surface area contributed by atoms with E-state index >= 15 is 0 Å². The monoisotopic (exact) mass is 249 g/mol. The molecule has 1 fully saturated rings. The highest BCUT2D eigenvalue weighted by atomic mass is 32.1. The summed E-state index contributed by atoms with van der Waals surface area (Å²) in [4.78, 5) is 14.7. The second kappa shape index (κ2) is 5.82. The maximum absolute atomic E-state index is 11.0. The van der Waals surface area contributed by atoms with Crippen LogP contribution < -0.4 is 10.6 Å². The molecule has 5 heteroatoms. The van der Waals surface area contributed by atoms with Gasteiger partial charge in [0.1, 0.15) is 0 Å². The van der Waals surface area contributed by atoms with E-state index in [1.807, 2.05) is 18.1 Å². The standard InChI is InChI=1S/C12H15N3OS/c1-2-11(16)14-12-4-3-10(17-12)9-15-7-5-13-6-8-15/h1,3-4,13H,5-9H2,(H,14,16). The molecule has 2 heterocycles. The van der Waals surface area contributed by atoms with E-state index in [0.717, 1.165) is 37.7 Å². The highest BCUT2D eigenvalue weighted by Crippen LogP contribution is 2.23. The average molecular weight is 249 g/mol. The molecule has 0 saturated carbocycles. The van der Waals surface area contributed by atoms with Gasteiger partial charge in [-0.1, -0.05) is 0 Å². The number of hydrogen-bond acceptors (Lipinski definition) is 4. The maximum atomic E-state index is 11.0. The molecule has 0 bridgehead atoms. The fourth-order valence-corrected chi connectivity index (χ4v) is 2.71. The SMILES string of the molecule is C#CC(=O)Nc1ccc(CN2CCNCC2)s1. The minimum Gasteiger partial charge on any atom is -0.314 e. The number of anilines is 1. The molecule has 0 aromatic carbocycles. The van der Waals surface area contributed by atoms with E-state index in [2.05, 4.69) is 15.5 Å². The van der Waals surface area contributed by atoms with Gasteiger partial charge in [-0.15, -0.1) is 17.8 Å². The Labute approximate surface area is 105 Å². The molecule has 1 aliphatic rings. The Morgan fingerprint density at radius 3 is 3.00 bits per heavy atom. The van der Waals surface area contributed by atoms with Crippen LogP contribution in [0.3, 0.4) is 0 Å². The summed E-state index contributed by atoms with van der Waals surface area (Å²) in [5.74, 6) is 1.65. The van der Waals surface area contributed by atoms with Crippen LogP contribution in [0, 0.1) is 12.3 Å².